The average Bonchev–Trinajstić information content (AvgIpc) is 3.92. The molecule has 0 bridgehead atoms. The summed E-state index contributed by atoms with van der Waals surface area (Å²) in [5.74, 6) is -2.34. The lowest BCUT2D eigenvalue weighted by Gasteiger charge is -2.20. The molecule has 0 aromatic carbocycles. The standard InChI is InChI=1S/C21H36N2O8S2.C17H28N2O5S2/c1-15(21(27)28)22-20(26)17(7-8-19(25)31-13-12-30-11-10-29-2)23-18(24)6-4-3-5-16-9-14-32-33-16;1-11(12(2)20)18-17(24)14(7-8-16(22)23)19-15(21)6-4-3-5-13-9-10-25-26-13/h15-17H,3-14H2,1-2H3,(H,22,26)(H,23,24)(H,27,28);11,13-14H,3-10H2,1-2H3,(H,18,24)(H,19,21)(H,22,23)/t15?,16-,17?;11?,13-,14?/m11/s1. The Balaban J connectivity index is 0.000000607. The van der Waals surface area contributed by atoms with Gasteiger partial charge in [-0.05, 0) is 72.1 Å². The Morgan fingerprint density at radius 2 is 1.14 bits per heavy atom. The molecule has 2 aliphatic heterocycles. The van der Waals surface area contributed by atoms with E-state index in [1.165, 1.54) is 38.2 Å². The van der Waals surface area contributed by atoms with E-state index in [2.05, 4.69) is 21.3 Å². The number of carbonyl (C=O) groups is 8. The van der Waals surface area contributed by atoms with Gasteiger partial charge in [0.2, 0.25) is 23.6 Å². The van der Waals surface area contributed by atoms with Crippen molar-refractivity contribution in [2.24, 2.45) is 0 Å². The van der Waals surface area contributed by atoms with E-state index in [-0.39, 0.29) is 62.9 Å². The van der Waals surface area contributed by atoms with E-state index in [1.54, 1.807) is 14.0 Å². The van der Waals surface area contributed by atoms with E-state index < -0.39 is 53.9 Å². The van der Waals surface area contributed by atoms with Crippen LogP contribution in [0.1, 0.15) is 111 Å². The van der Waals surface area contributed by atoms with E-state index in [1.807, 2.05) is 43.2 Å². The number of hydrogen-bond acceptors (Lipinski definition) is 15. The molecule has 17 nitrogen and oxygen atoms in total. The number of aliphatic carboxylic acids is 2. The second kappa shape index (κ2) is 33.0. The Morgan fingerprint density at radius 1 is 0.644 bits per heavy atom. The van der Waals surface area contributed by atoms with Gasteiger partial charge in [-0.25, -0.2) is 0 Å². The van der Waals surface area contributed by atoms with Crippen molar-refractivity contribution < 1.29 is 62.8 Å². The van der Waals surface area contributed by atoms with Crippen molar-refractivity contribution in [3.05, 3.63) is 0 Å². The van der Waals surface area contributed by atoms with Crippen molar-refractivity contribution in [3.63, 3.8) is 0 Å². The molecule has 0 saturated carbocycles. The summed E-state index contributed by atoms with van der Waals surface area (Å²) >= 11 is 0. The third kappa shape index (κ3) is 27.7. The number of methoxy groups -OCH3 is 1. The van der Waals surface area contributed by atoms with Crippen LogP contribution in [0.2, 0.25) is 0 Å². The van der Waals surface area contributed by atoms with Crippen molar-refractivity contribution in [1.82, 2.24) is 21.3 Å². The van der Waals surface area contributed by atoms with Gasteiger partial charge in [-0.2, -0.15) is 0 Å². The average molecular weight is 913 g/mol. The molecule has 6 atom stereocenters. The summed E-state index contributed by atoms with van der Waals surface area (Å²) in [4.78, 5) is 94.2. The second-order valence-electron chi connectivity index (χ2n) is 14.1. The highest BCUT2D eigenvalue weighted by Gasteiger charge is 2.26. The Morgan fingerprint density at radius 3 is 1.58 bits per heavy atom. The number of nitrogens with one attached hydrogen (secondary N) is 4. The third-order valence-corrected chi connectivity index (χ3v) is 15.0. The lowest BCUT2D eigenvalue weighted by atomic mass is 10.1. The number of esters is 1. The maximum Gasteiger partial charge on any atom is 0.325 e. The van der Waals surface area contributed by atoms with Crippen LogP contribution in [0.15, 0.2) is 0 Å². The number of Topliss-reactive ketones (excluding diaryl/α,β-unsaturated/α-hetero) is 1. The van der Waals surface area contributed by atoms with Gasteiger partial charge in [0.05, 0.1) is 25.9 Å². The largest absolute Gasteiger partial charge is 0.481 e. The number of rotatable bonds is 30. The summed E-state index contributed by atoms with van der Waals surface area (Å²) in [5.41, 5.74) is 0. The van der Waals surface area contributed by atoms with Gasteiger partial charge < -0.3 is 45.7 Å². The molecule has 2 rings (SSSR count). The first kappa shape index (κ1) is 54.3. The van der Waals surface area contributed by atoms with Crippen LogP contribution < -0.4 is 21.3 Å². The van der Waals surface area contributed by atoms with Crippen LogP contribution in [-0.2, 0) is 52.6 Å². The van der Waals surface area contributed by atoms with Crippen LogP contribution >= 0.6 is 43.2 Å². The molecule has 2 heterocycles. The van der Waals surface area contributed by atoms with Crippen LogP contribution in [0.3, 0.4) is 0 Å². The summed E-state index contributed by atoms with van der Waals surface area (Å²) in [7, 11) is 9.15. The van der Waals surface area contributed by atoms with Crippen molar-refractivity contribution in [1.29, 1.82) is 0 Å². The molecule has 0 spiro atoms. The number of ketones is 1. The zero-order chi connectivity index (χ0) is 44.0. The normalized spacial score (nSPS) is 17.9. The fourth-order valence-electron chi connectivity index (χ4n) is 5.37. The molecule has 2 fully saturated rings. The van der Waals surface area contributed by atoms with Gasteiger partial charge in [-0.15, -0.1) is 0 Å². The Bertz CT molecular complexity index is 1320. The number of carbonyl (C=O) groups excluding carboxylic acids is 6. The first-order chi connectivity index (χ1) is 28.1. The molecule has 21 heteroatoms. The molecule has 59 heavy (non-hydrogen) atoms. The molecule has 2 saturated heterocycles. The first-order valence-electron chi connectivity index (χ1n) is 20.1. The second-order valence-corrected chi connectivity index (χ2v) is 19.7. The van der Waals surface area contributed by atoms with E-state index in [9.17, 15) is 38.4 Å². The molecule has 4 unspecified atom stereocenters. The third-order valence-electron chi connectivity index (χ3n) is 9.02. The summed E-state index contributed by atoms with van der Waals surface area (Å²) in [6.07, 6.45) is 8.13. The van der Waals surface area contributed by atoms with Gasteiger partial charge in [-0.3, -0.25) is 38.4 Å². The van der Waals surface area contributed by atoms with E-state index >= 15 is 0 Å². The lowest BCUT2D eigenvalue weighted by molar-refractivity contribution is -0.146. The van der Waals surface area contributed by atoms with E-state index in [4.69, 9.17) is 24.4 Å². The van der Waals surface area contributed by atoms with Gasteiger partial charge in [0.15, 0.2) is 5.78 Å². The molecule has 0 radical (unpaired) electrons. The van der Waals surface area contributed by atoms with E-state index in [0.717, 1.165) is 32.1 Å². The molecular weight excluding hydrogens is 849 g/mol. The van der Waals surface area contributed by atoms with E-state index in [0.29, 0.717) is 36.6 Å². The van der Waals surface area contributed by atoms with Gasteiger partial charge >= 0.3 is 17.9 Å². The predicted octanol–water partition coefficient (Wildman–Crippen LogP) is 3.90. The Labute approximate surface area is 363 Å². The van der Waals surface area contributed by atoms with Crippen molar-refractivity contribution in [3.8, 4) is 0 Å². The molecule has 6 N–H and O–H groups in total. The lowest BCUT2D eigenvalue weighted by Crippen LogP contribution is -2.50. The topological polar surface area (TPSA) is 253 Å². The highest BCUT2D eigenvalue weighted by Crippen LogP contribution is 2.40. The molecule has 0 aromatic heterocycles. The number of carboxylic acid groups (broad SMARTS) is 2. The smallest absolute Gasteiger partial charge is 0.325 e. The summed E-state index contributed by atoms with van der Waals surface area (Å²) < 4.78 is 15.1. The fraction of sp³-hybridized carbons (Fsp3) is 0.789. The number of unbranched alkanes of at least 4 members (excludes halogenated alkanes) is 2. The van der Waals surface area contributed by atoms with Gasteiger partial charge in [0.1, 0.15) is 24.7 Å². The molecule has 0 aliphatic carbocycles. The summed E-state index contributed by atoms with van der Waals surface area (Å²) in [6, 6.07) is -3.75. The number of carboxylic acids is 2. The zero-order valence-corrected chi connectivity index (χ0v) is 37.9. The monoisotopic (exact) mass is 912 g/mol. The Kier molecular flexibility index (Phi) is 30.3. The van der Waals surface area contributed by atoms with Crippen molar-refractivity contribution in [2.45, 2.75) is 145 Å². The van der Waals surface area contributed by atoms with Gasteiger partial charge in [-0.1, -0.05) is 56.0 Å². The van der Waals surface area contributed by atoms with Crippen LogP contribution in [0.4, 0.5) is 0 Å². The first-order valence-corrected chi connectivity index (χ1v) is 24.8. The molecular formula is C38H64N4O13S4. The van der Waals surface area contributed by atoms with Crippen LogP contribution in [0.5, 0.6) is 0 Å². The van der Waals surface area contributed by atoms with Crippen molar-refractivity contribution >= 4 is 90.5 Å². The molecule has 338 valence electrons. The summed E-state index contributed by atoms with van der Waals surface area (Å²) in [6.45, 7) is 5.37. The van der Waals surface area contributed by atoms with Crippen LogP contribution in [-0.4, -0.2) is 137 Å². The molecule has 2 aliphatic rings. The fourth-order valence-corrected chi connectivity index (χ4v) is 11.4. The minimum Gasteiger partial charge on any atom is -0.481 e. The number of ether oxygens (including phenoxy) is 3. The minimum atomic E-state index is -1.19. The van der Waals surface area contributed by atoms with Crippen LogP contribution in [0, 0.1) is 0 Å². The van der Waals surface area contributed by atoms with Crippen LogP contribution in [0.25, 0.3) is 0 Å². The molecule has 4 amide bonds. The quantitative estimate of drug-likeness (QED) is 0.0340. The van der Waals surface area contributed by atoms with Crippen molar-refractivity contribution in [2.75, 3.05) is 45.0 Å². The molecule has 0 aromatic rings. The summed E-state index contributed by atoms with van der Waals surface area (Å²) in [5, 5.41) is 29.3. The Hall–Kier alpha value is -2.72. The highest BCUT2D eigenvalue weighted by molar-refractivity contribution is 8.77. The zero-order valence-electron chi connectivity index (χ0n) is 34.6. The predicted molar refractivity (Wildman–Crippen MR) is 231 cm³/mol. The maximum absolute atomic E-state index is 12.5. The number of hydrogen-bond donors (Lipinski definition) is 6. The highest BCUT2D eigenvalue weighted by atomic mass is 33.1. The number of amides is 4. The minimum absolute atomic E-state index is 0.00319. The van der Waals surface area contributed by atoms with Gasteiger partial charge in [0, 0.05) is 54.8 Å². The van der Waals surface area contributed by atoms with Gasteiger partial charge in [0.25, 0.3) is 0 Å². The SMILES string of the molecule is CC(=O)C(C)NC(=O)C(CCC(=O)O)NC(=O)CCCC[C@@H]1CCSS1.COCCOCCOC(=O)CCC(NC(=O)CCCC[C@@H]1CCSS1)C(=O)NC(C)C(=O)O. The maximum atomic E-state index is 12.5.